The molecular weight excluding hydrogens is 160 g/mol. The van der Waals surface area contributed by atoms with E-state index in [9.17, 15) is 5.11 Å². The Kier molecular flexibility index (Phi) is 3.69. The molecule has 0 aromatic carbocycles. The number of ether oxygens (including phenoxy) is 1. The van der Waals surface area contributed by atoms with E-state index in [0.29, 0.717) is 5.92 Å². The zero-order chi connectivity index (χ0) is 8.27. The summed E-state index contributed by atoms with van der Waals surface area (Å²) < 4.78 is 5.43. The summed E-state index contributed by atoms with van der Waals surface area (Å²) in [6.45, 7) is 4.83. The van der Waals surface area contributed by atoms with Crippen LogP contribution in [0.3, 0.4) is 0 Å². The monoisotopic (exact) mass is 176 g/mol. The Hall–Kier alpha value is 0.270. The maximum atomic E-state index is 9.61. The van der Waals surface area contributed by atoms with Gasteiger partial charge < -0.3 is 9.84 Å². The lowest BCUT2D eigenvalue weighted by Gasteiger charge is -2.28. The maximum absolute atomic E-state index is 9.61. The van der Waals surface area contributed by atoms with Gasteiger partial charge in [0.25, 0.3) is 0 Å². The first-order chi connectivity index (χ1) is 5.22. The van der Waals surface area contributed by atoms with Crippen molar-refractivity contribution in [3.05, 3.63) is 0 Å². The van der Waals surface area contributed by atoms with Crippen LogP contribution >= 0.6 is 11.8 Å². The fourth-order valence-electron chi connectivity index (χ4n) is 1.13. The Labute approximate surface area is 72.3 Å². The van der Waals surface area contributed by atoms with E-state index in [1.807, 2.05) is 25.6 Å². The van der Waals surface area contributed by atoms with Gasteiger partial charge >= 0.3 is 0 Å². The van der Waals surface area contributed by atoms with Gasteiger partial charge in [-0.2, -0.15) is 11.8 Å². The first-order valence-corrected chi connectivity index (χ1v) is 5.24. The summed E-state index contributed by atoms with van der Waals surface area (Å²) in [7, 11) is 0. The van der Waals surface area contributed by atoms with E-state index in [2.05, 4.69) is 0 Å². The van der Waals surface area contributed by atoms with Crippen molar-refractivity contribution in [2.75, 3.05) is 18.1 Å². The maximum Gasteiger partial charge on any atom is 0.0926 e. The van der Waals surface area contributed by atoms with Crippen LogP contribution in [0.5, 0.6) is 0 Å². The average molecular weight is 176 g/mol. The first-order valence-electron chi connectivity index (χ1n) is 4.09. The van der Waals surface area contributed by atoms with E-state index < -0.39 is 0 Å². The molecule has 1 aliphatic heterocycles. The van der Waals surface area contributed by atoms with E-state index in [1.165, 1.54) is 0 Å². The Morgan fingerprint density at radius 3 is 2.73 bits per heavy atom. The molecule has 0 saturated carbocycles. The molecule has 1 rings (SSSR count). The molecule has 2 atom stereocenters. The topological polar surface area (TPSA) is 29.5 Å². The summed E-state index contributed by atoms with van der Waals surface area (Å²) in [6.07, 6.45) is -0.225. The Bertz CT molecular complexity index is 111. The highest BCUT2D eigenvalue weighted by Gasteiger charge is 2.24. The zero-order valence-electron chi connectivity index (χ0n) is 7.12. The number of hydrogen-bond acceptors (Lipinski definition) is 3. The van der Waals surface area contributed by atoms with Crippen LogP contribution in [0, 0.1) is 5.92 Å². The molecule has 0 aliphatic carbocycles. The lowest BCUT2D eigenvalue weighted by molar-refractivity contribution is -0.0413. The summed E-state index contributed by atoms with van der Waals surface area (Å²) in [5, 5.41) is 9.61. The number of aliphatic hydroxyl groups is 1. The molecule has 0 amide bonds. The van der Waals surface area contributed by atoms with E-state index in [-0.39, 0.29) is 12.2 Å². The standard InChI is InChI=1S/C8H16O2S/c1-6(2)8(9)7-5-11-4-3-10-7/h6-9H,3-5H2,1-2H3. The van der Waals surface area contributed by atoms with Gasteiger partial charge in [-0.1, -0.05) is 13.8 Å². The molecule has 1 heterocycles. The molecule has 0 aromatic rings. The van der Waals surface area contributed by atoms with Gasteiger partial charge in [0.2, 0.25) is 0 Å². The molecular formula is C8H16O2S. The lowest BCUT2D eigenvalue weighted by atomic mass is 10.0. The fraction of sp³-hybridized carbons (Fsp3) is 1.00. The second kappa shape index (κ2) is 4.33. The van der Waals surface area contributed by atoms with Gasteiger partial charge in [-0.25, -0.2) is 0 Å². The quantitative estimate of drug-likeness (QED) is 0.684. The summed E-state index contributed by atoms with van der Waals surface area (Å²) in [4.78, 5) is 0. The van der Waals surface area contributed by atoms with Crippen LogP contribution in [0.2, 0.25) is 0 Å². The number of rotatable bonds is 2. The molecule has 1 N–H and O–H groups in total. The van der Waals surface area contributed by atoms with Crippen molar-refractivity contribution in [2.24, 2.45) is 5.92 Å². The highest BCUT2D eigenvalue weighted by atomic mass is 32.2. The highest BCUT2D eigenvalue weighted by Crippen LogP contribution is 2.19. The number of hydrogen-bond donors (Lipinski definition) is 1. The molecule has 1 saturated heterocycles. The van der Waals surface area contributed by atoms with Crippen LogP contribution in [0.1, 0.15) is 13.8 Å². The third-order valence-corrected chi connectivity index (χ3v) is 2.93. The van der Waals surface area contributed by atoms with Crippen LogP contribution in [-0.4, -0.2) is 35.4 Å². The van der Waals surface area contributed by atoms with Crippen LogP contribution < -0.4 is 0 Å². The third-order valence-electron chi connectivity index (χ3n) is 1.91. The molecule has 1 fully saturated rings. The normalized spacial score (nSPS) is 28.9. The van der Waals surface area contributed by atoms with E-state index in [1.54, 1.807) is 0 Å². The van der Waals surface area contributed by atoms with Crippen molar-refractivity contribution in [3.63, 3.8) is 0 Å². The number of aliphatic hydroxyl groups excluding tert-OH is 1. The minimum atomic E-state index is -0.289. The molecule has 0 spiro atoms. The van der Waals surface area contributed by atoms with Crippen LogP contribution in [0.4, 0.5) is 0 Å². The SMILES string of the molecule is CC(C)C(O)C1CSCCO1. The molecule has 66 valence electrons. The van der Waals surface area contributed by atoms with Crippen LogP contribution in [-0.2, 0) is 4.74 Å². The zero-order valence-corrected chi connectivity index (χ0v) is 7.93. The number of thioether (sulfide) groups is 1. The van der Waals surface area contributed by atoms with Gasteiger partial charge in [-0.05, 0) is 5.92 Å². The lowest BCUT2D eigenvalue weighted by Crippen LogP contribution is -2.38. The van der Waals surface area contributed by atoms with Crippen molar-refractivity contribution < 1.29 is 9.84 Å². The average Bonchev–Trinajstić information content (AvgIpc) is 2.05. The van der Waals surface area contributed by atoms with Crippen LogP contribution in [0.25, 0.3) is 0 Å². The molecule has 0 radical (unpaired) electrons. The van der Waals surface area contributed by atoms with Crippen molar-refractivity contribution in [1.82, 2.24) is 0 Å². The third kappa shape index (κ3) is 2.65. The van der Waals surface area contributed by atoms with Gasteiger partial charge in [0.1, 0.15) is 0 Å². The fourth-order valence-corrected chi connectivity index (χ4v) is 2.04. The summed E-state index contributed by atoms with van der Waals surface area (Å²) in [5.74, 6) is 2.32. The molecule has 3 heteroatoms. The van der Waals surface area contributed by atoms with Crippen molar-refractivity contribution >= 4 is 11.8 Å². The molecule has 0 bridgehead atoms. The Balaban J connectivity index is 2.32. The molecule has 1 aliphatic rings. The van der Waals surface area contributed by atoms with Gasteiger partial charge in [0.05, 0.1) is 18.8 Å². The second-order valence-corrected chi connectivity index (χ2v) is 4.37. The van der Waals surface area contributed by atoms with Crippen LogP contribution in [0.15, 0.2) is 0 Å². The van der Waals surface area contributed by atoms with E-state index in [0.717, 1.165) is 18.1 Å². The van der Waals surface area contributed by atoms with E-state index in [4.69, 9.17) is 4.74 Å². The molecule has 2 unspecified atom stereocenters. The highest BCUT2D eigenvalue weighted by molar-refractivity contribution is 7.99. The van der Waals surface area contributed by atoms with Crippen molar-refractivity contribution in [2.45, 2.75) is 26.1 Å². The van der Waals surface area contributed by atoms with Gasteiger partial charge in [0.15, 0.2) is 0 Å². The second-order valence-electron chi connectivity index (χ2n) is 3.22. The van der Waals surface area contributed by atoms with Gasteiger partial charge in [-0.3, -0.25) is 0 Å². The summed E-state index contributed by atoms with van der Waals surface area (Å²) in [5.41, 5.74) is 0. The van der Waals surface area contributed by atoms with Gasteiger partial charge in [-0.15, -0.1) is 0 Å². The minimum Gasteiger partial charge on any atom is -0.390 e. The van der Waals surface area contributed by atoms with Gasteiger partial charge in [0, 0.05) is 11.5 Å². The largest absolute Gasteiger partial charge is 0.390 e. The predicted octanol–water partition coefficient (Wildman–Crippen LogP) is 1.14. The summed E-state index contributed by atoms with van der Waals surface area (Å²) in [6, 6.07) is 0. The minimum absolute atomic E-state index is 0.0637. The molecule has 11 heavy (non-hydrogen) atoms. The summed E-state index contributed by atoms with van der Waals surface area (Å²) >= 11 is 1.86. The van der Waals surface area contributed by atoms with E-state index >= 15 is 0 Å². The Morgan fingerprint density at radius 2 is 2.27 bits per heavy atom. The van der Waals surface area contributed by atoms with Crippen molar-refractivity contribution in [1.29, 1.82) is 0 Å². The smallest absolute Gasteiger partial charge is 0.0926 e. The molecule has 2 nitrogen and oxygen atoms in total. The molecule has 0 aromatic heterocycles. The van der Waals surface area contributed by atoms with Crippen molar-refractivity contribution in [3.8, 4) is 0 Å². The predicted molar refractivity (Wildman–Crippen MR) is 47.9 cm³/mol. The first kappa shape index (κ1) is 9.36. The Morgan fingerprint density at radius 1 is 1.55 bits per heavy atom.